The minimum absolute atomic E-state index is 0.146. The van der Waals surface area contributed by atoms with E-state index < -0.39 is 11.7 Å². The first kappa shape index (κ1) is 16.3. The maximum atomic E-state index is 12.9. The molecule has 1 aliphatic rings. The summed E-state index contributed by atoms with van der Waals surface area (Å²) in [7, 11) is 0. The third kappa shape index (κ3) is 3.07. The van der Waals surface area contributed by atoms with Crippen molar-refractivity contribution in [3.8, 4) is 0 Å². The minimum Gasteiger partial charge on any atom is -0.381 e. The van der Waals surface area contributed by atoms with Crippen molar-refractivity contribution >= 4 is 11.0 Å². The molecule has 7 heteroatoms. The lowest BCUT2D eigenvalue weighted by Gasteiger charge is -2.27. The van der Waals surface area contributed by atoms with E-state index in [4.69, 9.17) is 10.5 Å². The average Bonchev–Trinajstić information content (AvgIpc) is 2.91. The lowest BCUT2D eigenvalue weighted by atomic mass is 9.94. The number of alkyl halides is 3. The van der Waals surface area contributed by atoms with Gasteiger partial charge in [-0.25, -0.2) is 4.98 Å². The summed E-state index contributed by atoms with van der Waals surface area (Å²) >= 11 is 0. The van der Waals surface area contributed by atoms with Crippen LogP contribution in [0.15, 0.2) is 18.2 Å². The quantitative estimate of drug-likeness (QED) is 0.939. The van der Waals surface area contributed by atoms with E-state index in [1.54, 1.807) is 0 Å². The predicted octanol–water partition coefficient (Wildman–Crippen LogP) is 3.50. The lowest BCUT2D eigenvalue weighted by molar-refractivity contribution is -0.137. The minimum atomic E-state index is -4.37. The summed E-state index contributed by atoms with van der Waals surface area (Å²) < 4.78 is 46.0. The highest BCUT2D eigenvalue weighted by molar-refractivity contribution is 5.77. The molecule has 3 rings (SSSR count). The summed E-state index contributed by atoms with van der Waals surface area (Å²) in [5, 5.41) is 0. The highest BCUT2D eigenvalue weighted by atomic mass is 19.4. The van der Waals surface area contributed by atoms with E-state index >= 15 is 0 Å². The summed E-state index contributed by atoms with van der Waals surface area (Å²) in [6.45, 7) is 3.86. The van der Waals surface area contributed by atoms with Gasteiger partial charge in [-0.1, -0.05) is 0 Å². The predicted molar refractivity (Wildman–Crippen MR) is 80.9 cm³/mol. The monoisotopic (exact) mass is 327 g/mol. The molecule has 0 amide bonds. The maximum absolute atomic E-state index is 12.9. The Kier molecular flexibility index (Phi) is 4.33. The van der Waals surface area contributed by atoms with Gasteiger partial charge in [0.15, 0.2) is 0 Å². The van der Waals surface area contributed by atoms with Crippen molar-refractivity contribution in [2.75, 3.05) is 13.2 Å². The van der Waals surface area contributed by atoms with Gasteiger partial charge < -0.3 is 15.0 Å². The van der Waals surface area contributed by atoms with E-state index in [0.29, 0.717) is 30.0 Å². The molecule has 0 saturated carbocycles. The fourth-order valence-electron chi connectivity index (χ4n) is 3.17. The summed E-state index contributed by atoms with van der Waals surface area (Å²) in [5.74, 6) is 0.783. The van der Waals surface area contributed by atoms with Crippen LogP contribution in [0, 0.1) is 5.92 Å². The molecule has 1 aromatic carbocycles. The second-order valence-electron chi connectivity index (χ2n) is 5.92. The van der Waals surface area contributed by atoms with Crippen LogP contribution in [0.2, 0.25) is 0 Å². The number of hydrogen-bond acceptors (Lipinski definition) is 3. The highest BCUT2D eigenvalue weighted by Gasteiger charge is 2.32. The highest BCUT2D eigenvalue weighted by Crippen LogP contribution is 2.33. The summed E-state index contributed by atoms with van der Waals surface area (Å²) in [6, 6.07) is 3.32. The number of nitrogens with zero attached hydrogens (tertiary/aromatic N) is 2. The molecule has 0 bridgehead atoms. The number of nitrogens with two attached hydrogens (primary N) is 1. The number of halogens is 3. The van der Waals surface area contributed by atoms with Crippen molar-refractivity contribution in [1.29, 1.82) is 0 Å². The average molecular weight is 327 g/mol. The van der Waals surface area contributed by atoms with Gasteiger partial charge >= 0.3 is 6.18 Å². The number of hydrogen-bond donors (Lipinski definition) is 1. The summed E-state index contributed by atoms with van der Waals surface area (Å²) in [6.07, 6.45) is -2.48. The number of fused-ring (bicyclic) bond motifs is 1. The smallest absolute Gasteiger partial charge is 0.381 e. The number of rotatable bonds is 3. The van der Waals surface area contributed by atoms with Crippen molar-refractivity contribution in [3.63, 3.8) is 0 Å². The number of ether oxygens (including phenoxy) is 1. The van der Waals surface area contributed by atoms with E-state index in [1.807, 2.05) is 11.5 Å². The molecule has 1 aliphatic heterocycles. The number of benzene rings is 1. The van der Waals surface area contributed by atoms with E-state index in [2.05, 4.69) is 4.98 Å². The normalized spacial score (nSPS) is 20.8. The van der Waals surface area contributed by atoms with Gasteiger partial charge in [0.2, 0.25) is 0 Å². The molecule has 1 aromatic heterocycles. The number of aryl methyl sites for hydroxylation is 1. The molecule has 0 radical (unpaired) electrons. The van der Waals surface area contributed by atoms with E-state index in [9.17, 15) is 13.2 Å². The van der Waals surface area contributed by atoms with Gasteiger partial charge in [-0.2, -0.15) is 13.2 Å². The Balaban J connectivity index is 2.02. The van der Waals surface area contributed by atoms with Crippen molar-refractivity contribution in [3.05, 3.63) is 29.6 Å². The van der Waals surface area contributed by atoms with Crippen LogP contribution in [-0.4, -0.2) is 22.8 Å². The molecular weight excluding hydrogens is 307 g/mol. The molecule has 1 saturated heterocycles. The summed E-state index contributed by atoms with van der Waals surface area (Å²) in [5.41, 5.74) is 6.68. The molecule has 2 unspecified atom stereocenters. The van der Waals surface area contributed by atoms with Crippen LogP contribution in [0.25, 0.3) is 11.0 Å². The van der Waals surface area contributed by atoms with Crippen LogP contribution in [0.1, 0.15) is 37.2 Å². The van der Waals surface area contributed by atoms with Crippen molar-refractivity contribution in [2.24, 2.45) is 11.7 Å². The van der Waals surface area contributed by atoms with Crippen LogP contribution in [0.5, 0.6) is 0 Å². The standard InChI is InChI=1S/C16H20F3N3O/c1-2-22-13-6-5-11(16(17,18)19)8-12(13)21-15(22)14(20)10-4-3-7-23-9-10/h5-6,8,10,14H,2-4,7,9,20H2,1H3. The van der Waals surface area contributed by atoms with Crippen LogP contribution >= 0.6 is 0 Å². The van der Waals surface area contributed by atoms with E-state index in [1.165, 1.54) is 6.07 Å². The van der Waals surface area contributed by atoms with Gasteiger partial charge in [0.1, 0.15) is 5.82 Å². The Bertz CT molecular complexity index is 690. The third-order valence-electron chi connectivity index (χ3n) is 4.42. The maximum Gasteiger partial charge on any atom is 0.416 e. The Morgan fingerprint density at radius 1 is 1.43 bits per heavy atom. The Hall–Kier alpha value is -1.60. The molecule has 2 atom stereocenters. The molecule has 0 aliphatic carbocycles. The molecule has 2 heterocycles. The van der Waals surface area contributed by atoms with E-state index in [-0.39, 0.29) is 12.0 Å². The molecule has 2 N–H and O–H groups in total. The number of aromatic nitrogens is 2. The van der Waals surface area contributed by atoms with Crippen molar-refractivity contribution in [2.45, 2.75) is 38.5 Å². The third-order valence-corrected chi connectivity index (χ3v) is 4.42. The Morgan fingerprint density at radius 3 is 2.83 bits per heavy atom. The SMILES string of the molecule is CCn1c(C(N)C2CCCOC2)nc2cc(C(F)(F)F)ccc21. The summed E-state index contributed by atoms with van der Waals surface area (Å²) in [4.78, 5) is 4.42. The fraction of sp³-hybridized carbons (Fsp3) is 0.562. The van der Waals surface area contributed by atoms with Gasteiger partial charge in [-0.05, 0) is 38.0 Å². The van der Waals surface area contributed by atoms with Crippen molar-refractivity contribution < 1.29 is 17.9 Å². The van der Waals surface area contributed by atoms with Crippen LogP contribution in [-0.2, 0) is 17.5 Å². The van der Waals surface area contributed by atoms with Gasteiger partial charge in [0.25, 0.3) is 0 Å². The Morgan fingerprint density at radius 2 is 2.22 bits per heavy atom. The zero-order valence-electron chi connectivity index (χ0n) is 12.9. The van der Waals surface area contributed by atoms with Gasteiger partial charge in [0, 0.05) is 19.1 Å². The zero-order chi connectivity index (χ0) is 16.6. The van der Waals surface area contributed by atoms with Crippen LogP contribution in [0.4, 0.5) is 13.2 Å². The van der Waals surface area contributed by atoms with Gasteiger partial charge in [0.05, 0.1) is 29.2 Å². The second kappa shape index (κ2) is 6.13. The lowest BCUT2D eigenvalue weighted by Crippen LogP contribution is -2.31. The zero-order valence-corrected chi connectivity index (χ0v) is 12.9. The van der Waals surface area contributed by atoms with Crippen LogP contribution < -0.4 is 5.73 Å². The molecule has 23 heavy (non-hydrogen) atoms. The van der Waals surface area contributed by atoms with Gasteiger partial charge in [-0.15, -0.1) is 0 Å². The second-order valence-corrected chi connectivity index (χ2v) is 5.92. The number of imidazole rings is 1. The molecule has 1 fully saturated rings. The van der Waals surface area contributed by atoms with Crippen LogP contribution in [0.3, 0.4) is 0 Å². The molecular formula is C16H20F3N3O. The first-order valence-electron chi connectivity index (χ1n) is 7.82. The largest absolute Gasteiger partial charge is 0.416 e. The topological polar surface area (TPSA) is 53.1 Å². The van der Waals surface area contributed by atoms with Crippen molar-refractivity contribution in [1.82, 2.24) is 9.55 Å². The van der Waals surface area contributed by atoms with Gasteiger partial charge in [-0.3, -0.25) is 0 Å². The molecule has 126 valence electrons. The first-order valence-corrected chi connectivity index (χ1v) is 7.82. The molecule has 0 spiro atoms. The first-order chi connectivity index (χ1) is 10.9. The Labute approximate surface area is 132 Å². The fourth-order valence-corrected chi connectivity index (χ4v) is 3.17. The van der Waals surface area contributed by atoms with E-state index in [0.717, 1.165) is 31.6 Å². The molecule has 2 aromatic rings. The molecule has 4 nitrogen and oxygen atoms in total.